The third-order valence-corrected chi connectivity index (χ3v) is 4.60. The van der Waals surface area contributed by atoms with Gasteiger partial charge < -0.3 is 14.2 Å². The topological polar surface area (TPSA) is 69.2 Å². The Hall–Kier alpha value is -3.98. The Kier molecular flexibility index (Phi) is 5.81. The van der Waals surface area contributed by atoms with E-state index < -0.39 is 0 Å². The molecule has 0 unspecified atom stereocenters. The van der Waals surface area contributed by atoms with Crippen molar-refractivity contribution in [2.75, 3.05) is 19.8 Å². The van der Waals surface area contributed by atoms with Gasteiger partial charge in [0.2, 0.25) is 5.91 Å². The van der Waals surface area contributed by atoms with Crippen molar-refractivity contribution in [3.05, 3.63) is 65.7 Å². The first-order valence-corrected chi connectivity index (χ1v) is 9.53. The molecular weight excluding hydrogens is 380 g/mol. The molecule has 0 radical (unpaired) electrons. The molecule has 0 aromatic heterocycles. The lowest BCUT2D eigenvalue weighted by Crippen LogP contribution is -2.20. The standard InChI is InChI=1S/C24H20N2O4/c1-2-11-28-21-10-8-18-5-3-4-6-19(18)20(21)16-25-26-24(27)15-17-7-9-22-23(14-17)30-13-12-29-22/h1,3-10,14,16H,11-13,15H2,(H,26,27)/b25-16-. The van der Waals surface area contributed by atoms with Crippen molar-refractivity contribution in [3.63, 3.8) is 0 Å². The number of hydrogen-bond acceptors (Lipinski definition) is 5. The van der Waals surface area contributed by atoms with Crippen molar-refractivity contribution in [1.29, 1.82) is 0 Å². The molecule has 30 heavy (non-hydrogen) atoms. The van der Waals surface area contributed by atoms with Crippen LogP contribution in [0.2, 0.25) is 0 Å². The molecule has 1 aliphatic rings. The number of carbonyl (C=O) groups is 1. The predicted octanol–water partition coefficient (Wildman–Crippen LogP) is 3.32. The maximum Gasteiger partial charge on any atom is 0.244 e. The highest BCUT2D eigenvalue weighted by Gasteiger charge is 2.13. The molecule has 0 fully saturated rings. The minimum Gasteiger partial charge on any atom is -0.486 e. The summed E-state index contributed by atoms with van der Waals surface area (Å²) in [5.41, 5.74) is 4.14. The third-order valence-electron chi connectivity index (χ3n) is 4.60. The molecule has 3 aromatic carbocycles. The second-order valence-corrected chi connectivity index (χ2v) is 6.64. The SMILES string of the molecule is C#CCOc1ccc2ccccc2c1/C=N\NC(=O)Cc1ccc2c(c1)OCCO2. The molecule has 0 bridgehead atoms. The van der Waals surface area contributed by atoms with E-state index in [0.717, 1.165) is 21.9 Å². The minimum absolute atomic E-state index is 0.148. The van der Waals surface area contributed by atoms with E-state index in [1.165, 1.54) is 0 Å². The van der Waals surface area contributed by atoms with Crippen LogP contribution >= 0.6 is 0 Å². The Morgan fingerprint density at radius 3 is 2.83 bits per heavy atom. The molecule has 1 heterocycles. The minimum atomic E-state index is -0.241. The normalized spacial score (nSPS) is 12.5. The van der Waals surface area contributed by atoms with Gasteiger partial charge in [0.1, 0.15) is 25.6 Å². The van der Waals surface area contributed by atoms with Gasteiger partial charge in [-0.3, -0.25) is 4.79 Å². The lowest BCUT2D eigenvalue weighted by Gasteiger charge is -2.18. The zero-order chi connectivity index (χ0) is 20.8. The van der Waals surface area contributed by atoms with E-state index in [2.05, 4.69) is 16.4 Å². The van der Waals surface area contributed by atoms with Gasteiger partial charge in [-0.05, 0) is 34.5 Å². The Bertz CT molecular complexity index is 1150. The average Bonchev–Trinajstić information content (AvgIpc) is 2.78. The van der Waals surface area contributed by atoms with Crippen molar-refractivity contribution < 1.29 is 19.0 Å². The summed E-state index contributed by atoms with van der Waals surface area (Å²) >= 11 is 0. The summed E-state index contributed by atoms with van der Waals surface area (Å²) in [5.74, 6) is 4.17. The van der Waals surface area contributed by atoms with Gasteiger partial charge in [0.25, 0.3) is 0 Å². The lowest BCUT2D eigenvalue weighted by molar-refractivity contribution is -0.120. The van der Waals surface area contributed by atoms with Gasteiger partial charge in [0.05, 0.1) is 12.6 Å². The quantitative estimate of drug-likeness (QED) is 0.392. The van der Waals surface area contributed by atoms with E-state index in [0.29, 0.717) is 30.5 Å². The molecule has 4 rings (SSSR count). The molecule has 3 aromatic rings. The van der Waals surface area contributed by atoms with Crippen LogP contribution in [0.3, 0.4) is 0 Å². The zero-order valence-electron chi connectivity index (χ0n) is 16.3. The Labute approximate surface area is 174 Å². The van der Waals surface area contributed by atoms with Crippen LogP contribution in [-0.4, -0.2) is 31.9 Å². The molecule has 0 spiro atoms. The summed E-state index contributed by atoms with van der Waals surface area (Å²) in [7, 11) is 0. The average molecular weight is 400 g/mol. The third kappa shape index (κ3) is 4.36. The van der Waals surface area contributed by atoms with E-state index in [4.69, 9.17) is 20.6 Å². The van der Waals surface area contributed by atoms with Crippen molar-refractivity contribution in [3.8, 4) is 29.6 Å². The van der Waals surface area contributed by atoms with Crippen LogP contribution in [0.4, 0.5) is 0 Å². The number of nitrogens with zero attached hydrogens (tertiary/aromatic N) is 1. The first-order chi connectivity index (χ1) is 14.7. The van der Waals surface area contributed by atoms with E-state index in [1.54, 1.807) is 6.21 Å². The van der Waals surface area contributed by atoms with Gasteiger partial charge in [0.15, 0.2) is 11.5 Å². The van der Waals surface area contributed by atoms with Crippen LogP contribution in [0.15, 0.2) is 59.7 Å². The fourth-order valence-corrected chi connectivity index (χ4v) is 3.25. The largest absolute Gasteiger partial charge is 0.486 e. The molecule has 1 aliphatic heterocycles. The fourth-order valence-electron chi connectivity index (χ4n) is 3.25. The number of hydrazone groups is 1. The number of rotatable bonds is 6. The van der Waals surface area contributed by atoms with Crippen LogP contribution in [0.1, 0.15) is 11.1 Å². The highest BCUT2D eigenvalue weighted by atomic mass is 16.6. The smallest absolute Gasteiger partial charge is 0.244 e. The molecule has 1 N–H and O–H groups in total. The molecule has 6 nitrogen and oxygen atoms in total. The van der Waals surface area contributed by atoms with E-state index in [9.17, 15) is 4.79 Å². The summed E-state index contributed by atoms with van der Waals surface area (Å²) in [6.45, 7) is 1.18. The second kappa shape index (κ2) is 9.01. The van der Waals surface area contributed by atoms with Crippen LogP contribution in [0, 0.1) is 12.3 Å². The van der Waals surface area contributed by atoms with Gasteiger partial charge in [-0.1, -0.05) is 42.3 Å². The Balaban J connectivity index is 1.48. The van der Waals surface area contributed by atoms with Crippen molar-refractivity contribution in [2.24, 2.45) is 5.10 Å². The number of benzene rings is 3. The lowest BCUT2D eigenvalue weighted by atomic mass is 10.0. The van der Waals surface area contributed by atoms with Gasteiger partial charge in [-0.15, -0.1) is 6.42 Å². The monoisotopic (exact) mass is 400 g/mol. The Morgan fingerprint density at radius 2 is 1.97 bits per heavy atom. The molecule has 1 amide bonds. The molecule has 0 atom stereocenters. The van der Waals surface area contributed by atoms with E-state index >= 15 is 0 Å². The van der Waals surface area contributed by atoms with E-state index in [1.807, 2.05) is 54.6 Å². The second-order valence-electron chi connectivity index (χ2n) is 6.64. The molecule has 0 saturated carbocycles. The van der Waals surface area contributed by atoms with Crippen molar-refractivity contribution in [1.82, 2.24) is 5.43 Å². The van der Waals surface area contributed by atoms with Crippen LogP contribution in [-0.2, 0) is 11.2 Å². The molecule has 6 heteroatoms. The van der Waals surface area contributed by atoms with Crippen LogP contribution in [0.5, 0.6) is 17.2 Å². The van der Waals surface area contributed by atoms with Crippen molar-refractivity contribution in [2.45, 2.75) is 6.42 Å². The molecule has 150 valence electrons. The van der Waals surface area contributed by atoms with Gasteiger partial charge in [-0.25, -0.2) is 5.43 Å². The number of carbonyl (C=O) groups excluding carboxylic acids is 1. The summed E-state index contributed by atoms with van der Waals surface area (Å²) in [6.07, 6.45) is 7.06. The summed E-state index contributed by atoms with van der Waals surface area (Å²) < 4.78 is 16.7. The fraction of sp³-hybridized carbons (Fsp3) is 0.167. The summed E-state index contributed by atoms with van der Waals surface area (Å²) in [5, 5.41) is 6.12. The zero-order valence-corrected chi connectivity index (χ0v) is 16.3. The van der Waals surface area contributed by atoms with Gasteiger partial charge >= 0.3 is 0 Å². The number of fused-ring (bicyclic) bond motifs is 2. The highest BCUT2D eigenvalue weighted by Crippen LogP contribution is 2.31. The molecular formula is C24H20N2O4. The van der Waals surface area contributed by atoms with Crippen LogP contribution in [0.25, 0.3) is 10.8 Å². The number of hydrogen-bond donors (Lipinski definition) is 1. The maximum absolute atomic E-state index is 12.3. The van der Waals surface area contributed by atoms with Gasteiger partial charge in [-0.2, -0.15) is 5.10 Å². The highest BCUT2D eigenvalue weighted by molar-refractivity contribution is 6.02. The summed E-state index contributed by atoms with van der Waals surface area (Å²) in [4.78, 5) is 12.3. The summed E-state index contributed by atoms with van der Waals surface area (Å²) in [6, 6.07) is 17.1. The molecule has 0 aliphatic carbocycles. The first-order valence-electron chi connectivity index (χ1n) is 9.53. The number of amides is 1. The first kappa shape index (κ1) is 19.3. The maximum atomic E-state index is 12.3. The Morgan fingerprint density at radius 1 is 1.13 bits per heavy atom. The molecule has 0 saturated heterocycles. The number of terminal acetylenes is 1. The number of ether oxygens (including phenoxy) is 3. The van der Waals surface area contributed by atoms with Crippen molar-refractivity contribution >= 4 is 22.9 Å². The van der Waals surface area contributed by atoms with Crippen LogP contribution < -0.4 is 19.6 Å². The number of nitrogens with one attached hydrogen (secondary N) is 1. The van der Waals surface area contributed by atoms with E-state index in [-0.39, 0.29) is 18.9 Å². The predicted molar refractivity (Wildman–Crippen MR) is 115 cm³/mol. The van der Waals surface area contributed by atoms with Gasteiger partial charge in [0, 0.05) is 5.56 Å².